The number of para-hydroxylation sites is 1. The number of nitrogens with one attached hydrogen (secondary N) is 4. The van der Waals surface area contributed by atoms with Gasteiger partial charge >= 0.3 is 0 Å². The van der Waals surface area contributed by atoms with Gasteiger partial charge in [0.1, 0.15) is 18.4 Å². The second-order valence-electron chi connectivity index (χ2n) is 9.21. The van der Waals surface area contributed by atoms with Crippen molar-refractivity contribution in [1.29, 1.82) is 0 Å². The molecule has 0 bridgehead atoms. The molecule has 2 heterocycles. The molecule has 8 nitrogen and oxygen atoms in total. The van der Waals surface area contributed by atoms with E-state index in [1.54, 1.807) is 0 Å². The molecule has 1 unspecified atom stereocenters. The summed E-state index contributed by atoms with van der Waals surface area (Å²) in [6.07, 6.45) is 6.84. The van der Waals surface area contributed by atoms with E-state index in [-0.39, 0.29) is 24.4 Å². The Morgan fingerprint density at radius 3 is 2.68 bits per heavy atom. The first-order chi connectivity index (χ1) is 16.5. The maximum absolute atomic E-state index is 13.0. The number of carbonyl (C=O) groups excluding carboxylic acids is 2. The molecular formula is C26H41N5O3. The lowest BCUT2D eigenvalue weighted by molar-refractivity contribution is -0.129. The number of aryl methyl sites for hydroxylation is 1. The average molecular weight is 472 g/mol. The van der Waals surface area contributed by atoms with Gasteiger partial charge in [-0.25, -0.2) is 0 Å². The molecular weight excluding hydrogens is 430 g/mol. The monoisotopic (exact) mass is 471 g/mol. The molecule has 1 aromatic rings. The number of hydrogen-bond acceptors (Lipinski definition) is 6. The lowest BCUT2D eigenvalue weighted by Gasteiger charge is -2.24. The Morgan fingerprint density at radius 2 is 1.88 bits per heavy atom. The first-order valence-electron chi connectivity index (χ1n) is 12.7. The Hall–Kier alpha value is -2.58. The van der Waals surface area contributed by atoms with E-state index in [9.17, 15) is 9.59 Å². The average Bonchev–Trinajstić information content (AvgIpc) is 3.35. The topological polar surface area (TPSA) is 94.7 Å². The Bertz CT molecular complexity index is 822. The van der Waals surface area contributed by atoms with Crippen LogP contribution >= 0.6 is 0 Å². The fourth-order valence-electron chi connectivity index (χ4n) is 4.33. The number of nitrogens with zero attached hydrogens (tertiary/aromatic N) is 1. The van der Waals surface area contributed by atoms with Crippen LogP contribution in [0.1, 0.15) is 45.1 Å². The number of hydrogen-bond donors (Lipinski definition) is 4. The molecule has 4 N–H and O–H groups in total. The number of amides is 2. The van der Waals surface area contributed by atoms with E-state index < -0.39 is 6.04 Å². The number of carbonyl (C=O) groups is 2. The van der Waals surface area contributed by atoms with Crippen molar-refractivity contribution in [2.75, 3.05) is 45.9 Å². The van der Waals surface area contributed by atoms with Gasteiger partial charge in [0.25, 0.3) is 0 Å². The van der Waals surface area contributed by atoms with Gasteiger partial charge in [-0.3, -0.25) is 9.59 Å². The highest BCUT2D eigenvalue weighted by atomic mass is 16.5. The number of benzene rings is 1. The second kappa shape index (κ2) is 14.0. The fourth-order valence-corrected chi connectivity index (χ4v) is 4.33. The summed E-state index contributed by atoms with van der Waals surface area (Å²) >= 11 is 0. The number of allylic oxidation sites excluding steroid dienone is 1. The van der Waals surface area contributed by atoms with Crippen molar-refractivity contribution in [3.05, 3.63) is 41.6 Å². The van der Waals surface area contributed by atoms with E-state index in [2.05, 4.69) is 52.2 Å². The SMILES string of the molecule is CC/C=C1/CN[C@@H](C)COc2ccccc2CCCNC(=O)C(CN2CCCC2)NC(=O)CN1. The zero-order chi connectivity index (χ0) is 24.2. The van der Waals surface area contributed by atoms with Crippen molar-refractivity contribution in [1.82, 2.24) is 26.2 Å². The summed E-state index contributed by atoms with van der Waals surface area (Å²) in [5, 5.41) is 12.7. The summed E-state index contributed by atoms with van der Waals surface area (Å²) in [5.74, 6) is 0.601. The molecule has 2 amide bonds. The van der Waals surface area contributed by atoms with Crippen LogP contribution in [0.4, 0.5) is 0 Å². The Balaban J connectivity index is 1.70. The van der Waals surface area contributed by atoms with Gasteiger partial charge in [-0.15, -0.1) is 0 Å². The Kier molecular flexibility index (Phi) is 10.7. The van der Waals surface area contributed by atoms with Crippen LogP contribution in [0.25, 0.3) is 0 Å². The van der Waals surface area contributed by atoms with E-state index in [0.29, 0.717) is 26.2 Å². The molecule has 0 spiro atoms. The highest BCUT2D eigenvalue weighted by Gasteiger charge is 2.25. The standard InChI is InChI=1S/C26H41N5O3/c1-3-9-22-16-28-20(2)19-34-24-12-5-4-10-21(24)11-8-13-27-26(33)23(30-25(32)17-29-22)18-31-14-6-7-15-31/h4-5,9-10,12,20,23,28-29H,3,6-8,11,13-19H2,1-2H3,(H,27,33)(H,30,32)/b22-9-/t20-,23?/m0/s1. The molecule has 188 valence electrons. The normalized spacial score (nSPS) is 25.3. The van der Waals surface area contributed by atoms with E-state index in [1.807, 2.05) is 18.2 Å². The van der Waals surface area contributed by atoms with Crippen molar-refractivity contribution < 1.29 is 14.3 Å². The van der Waals surface area contributed by atoms with Crippen molar-refractivity contribution in [2.24, 2.45) is 0 Å². The third-order valence-electron chi connectivity index (χ3n) is 6.24. The van der Waals surface area contributed by atoms with Crippen molar-refractivity contribution >= 4 is 11.8 Å². The zero-order valence-corrected chi connectivity index (χ0v) is 20.7. The molecule has 3 rings (SSSR count). The molecule has 2 atom stereocenters. The number of ether oxygens (including phenoxy) is 1. The van der Waals surface area contributed by atoms with Crippen LogP contribution in [0.5, 0.6) is 5.75 Å². The largest absolute Gasteiger partial charge is 0.492 e. The number of fused-ring (bicyclic) bond motifs is 1. The molecule has 2 aliphatic rings. The van der Waals surface area contributed by atoms with E-state index in [1.165, 1.54) is 0 Å². The third-order valence-corrected chi connectivity index (χ3v) is 6.24. The predicted octanol–water partition coefficient (Wildman–Crippen LogP) is 1.57. The van der Waals surface area contributed by atoms with Crippen molar-refractivity contribution in [2.45, 2.75) is 58.0 Å². The molecule has 0 saturated carbocycles. The van der Waals surface area contributed by atoms with Crippen LogP contribution in [0.2, 0.25) is 0 Å². The van der Waals surface area contributed by atoms with Crippen LogP contribution in [0, 0.1) is 0 Å². The minimum absolute atomic E-state index is 0.120. The van der Waals surface area contributed by atoms with Crippen molar-refractivity contribution in [3.63, 3.8) is 0 Å². The highest BCUT2D eigenvalue weighted by molar-refractivity contribution is 5.88. The molecule has 8 heteroatoms. The molecule has 2 aliphatic heterocycles. The van der Waals surface area contributed by atoms with Gasteiger partial charge in [0.15, 0.2) is 0 Å². The number of likely N-dealkylation sites (tertiary alicyclic amines) is 1. The first-order valence-corrected chi connectivity index (χ1v) is 12.7. The van der Waals surface area contributed by atoms with Crippen LogP contribution in [0.3, 0.4) is 0 Å². The first kappa shape index (κ1) is 26.0. The van der Waals surface area contributed by atoms with Gasteiger partial charge in [-0.05, 0) is 63.7 Å². The molecule has 34 heavy (non-hydrogen) atoms. The van der Waals surface area contributed by atoms with E-state index in [4.69, 9.17) is 4.74 Å². The molecule has 1 saturated heterocycles. The highest BCUT2D eigenvalue weighted by Crippen LogP contribution is 2.19. The minimum atomic E-state index is -0.557. The van der Waals surface area contributed by atoms with Gasteiger partial charge in [0.2, 0.25) is 11.8 Å². The van der Waals surface area contributed by atoms with Gasteiger partial charge in [-0.2, -0.15) is 0 Å². The summed E-state index contributed by atoms with van der Waals surface area (Å²) in [7, 11) is 0. The quantitative estimate of drug-likeness (QED) is 0.535. The fraction of sp³-hybridized carbons (Fsp3) is 0.615. The third kappa shape index (κ3) is 8.65. The lowest BCUT2D eigenvalue weighted by atomic mass is 10.1. The summed E-state index contributed by atoms with van der Waals surface area (Å²) in [6.45, 7) is 8.51. The van der Waals surface area contributed by atoms with Gasteiger partial charge in [0, 0.05) is 31.4 Å². The zero-order valence-electron chi connectivity index (χ0n) is 20.7. The maximum atomic E-state index is 13.0. The summed E-state index contributed by atoms with van der Waals surface area (Å²) in [4.78, 5) is 27.9. The van der Waals surface area contributed by atoms with E-state index >= 15 is 0 Å². The van der Waals surface area contributed by atoms with Crippen LogP contribution < -0.4 is 26.0 Å². The van der Waals surface area contributed by atoms with Crippen LogP contribution in [0.15, 0.2) is 36.0 Å². The van der Waals surface area contributed by atoms with Crippen LogP contribution in [-0.2, 0) is 16.0 Å². The summed E-state index contributed by atoms with van der Waals surface area (Å²) in [5.41, 5.74) is 2.10. The smallest absolute Gasteiger partial charge is 0.243 e. The molecule has 1 aromatic carbocycles. The lowest BCUT2D eigenvalue weighted by Crippen LogP contribution is -2.54. The minimum Gasteiger partial charge on any atom is -0.492 e. The molecule has 1 fully saturated rings. The van der Waals surface area contributed by atoms with Crippen LogP contribution in [-0.4, -0.2) is 74.7 Å². The molecule has 0 aromatic heterocycles. The van der Waals surface area contributed by atoms with Gasteiger partial charge < -0.3 is 30.9 Å². The molecule has 0 radical (unpaired) electrons. The Morgan fingerprint density at radius 1 is 1.09 bits per heavy atom. The Labute approximate surface area is 203 Å². The van der Waals surface area contributed by atoms with Gasteiger partial charge in [-0.1, -0.05) is 31.2 Å². The predicted molar refractivity (Wildman–Crippen MR) is 135 cm³/mol. The maximum Gasteiger partial charge on any atom is 0.243 e. The second-order valence-corrected chi connectivity index (χ2v) is 9.21. The summed E-state index contributed by atoms with van der Waals surface area (Å²) in [6, 6.07) is 7.68. The molecule has 0 aliphatic carbocycles. The van der Waals surface area contributed by atoms with Gasteiger partial charge in [0.05, 0.1) is 6.54 Å². The van der Waals surface area contributed by atoms with E-state index in [0.717, 1.165) is 62.2 Å². The van der Waals surface area contributed by atoms with Crippen molar-refractivity contribution in [3.8, 4) is 5.75 Å². The number of rotatable bonds is 3. The summed E-state index contributed by atoms with van der Waals surface area (Å²) < 4.78 is 6.11.